The van der Waals surface area contributed by atoms with Gasteiger partial charge in [-0.3, -0.25) is 14.4 Å². The molecule has 0 aliphatic carbocycles. The quantitative estimate of drug-likeness (QED) is 0.0199. The van der Waals surface area contributed by atoms with E-state index in [-0.39, 0.29) is 31.1 Å². The Morgan fingerprint density at radius 1 is 0.324 bits per heavy atom. The van der Waals surface area contributed by atoms with Crippen molar-refractivity contribution >= 4 is 17.9 Å². The molecule has 1 atom stereocenters. The topological polar surface area (TPSA) is 78.9 Å². The maximum Gasteiger partial charge on any atom is 0.306 e. The summed E-state index contributed by atoms with van der Waals surface area (Å²) in [5.41, 5.74) is 0. The van der Waals surface area contributed by atoms with Crippen LogP contribution >= 0.6 is 0 Å². The summed E-state index contributed by atoms with van der Waals surface area (Å²) >= 11 is 0. The lowest BCUT2D eigenvalue weighted by Gasteiger charge is -2.18. The summed E-state index contributed by atoms with van der Waals surface area (Å²) in [6.07, 6.45) is 76.0. The van der Waals surface area contributed by atoms with Gasteiger partial charge in [0.1, 0.15) is 13.2 Å². The molecule has 0 aliphatic rings. The van der Waals surface area contributed by atoms with Gasteiger partial charge >= 0.3 is 17.9 Å². The highest BCUT2D eigenvalue weighted by Gasteiger charge is 2.19. The van der Waals surface area contributed by atoms with Crippen LogP contribution < -0.4 is 0 Å². The third-order valence-corrected chi connectivity index (χ3v) is 11.3. The van der Waals surface area contributed by atoms with Gasteiger partial charge in [-0.2, -0.15) is 0 Å². The van der Waals surface area contributed by atoms with Crippen LogP contribution in [-0.2, 0) is 28.6 Å². The average molecular weight is 941 g/mol. The molecule has 0 rings (SSSR count). The second-order valence-corrected chi connectivity index (χ2v) is 17.8. The predicted molar refractivity (Wildman–Crippen MR) is 293 cm³/mol. The van der Waals surface area contributed by atoms with Gasteiger partial charge in [0.15, 0.2) is 6.10 Å². The van der Waals surface area contributed by atoms with Crippen molar-refractivity contribution in [2.24, 2.45) is 0 Å². The summed E-state index contributed by atoms with van der Waals surface area (Å²) in [5, 5.41) is 0. The monoisotopic (exact) mass is 941 g/mol. The second-order valence-electron chi connectivity index (χ2n) is 17.8. The van der Waals surface area contributed by atoms with Gasteiger partial charge in [0, 0.05) is 19.3 Å². The Bertz CT molecular complexity index is 1450. The molecule has 0 radical (unpaired) electrons. The zero-order chi connectivity index (χ0) is 49.3. The molecule has 6 nitrogen and oxygen atoms in total. The maximum absolute atomic E-state index is 12.8. The van der Waals surface area contributed by atoms with Crippen molar-refractivity contribution < 1.29 is 28.6 Å². The van der Waals surface area contributed by atoms with Gasteiger partial charge in [0.25, 0.3) is 0 Å². The number of carbonyl (C=O) groups excluding carboxylic acids is 3. The van der Waals surface area contributed by atoms with Crippen LogP contribution in [0.2, 0.25) is 0 Å². The lowest BCUT2D eigenvalue weighted by Crippen LogP contribution is -2.30. The summed E-state index contributed by atoms with van der Waals surface area (Å²) in [6, 6.07) is 0. The smallest absolute Gasteiger partial charge is 0.306 e. The number of esters is 3. The molecule has 0 saturated carbocycles. The van der Waals surface area contributed by atoms with Crippen LogP contribution in [-0.4, -0.2) is 37.2 Å². The van der Waals surface area contributed by atoms with E-state index in [4.69, 9.17) is 14.2 Å². The van der Waals surface area contributed by atoms with Gasteiger partial charge in [-0.05, 0) is 109 Å². The first-order valence-corrected chi connectivity index (χ1v) is 27.6. The Labute approximate surface area is 418 Å². The van der Waals surface area contributed by atoms with Crippen molar-refractivity contribution in [3.05, 3.63) is 122 Å². The van der Waals surface area contributed by atoms with E-state index in [1.165, 1.54) is 44.9 Å². The summed E-state index contributed by atoms with van der Waals surface area (Å²) in [5.74, 6) is -0.953. The van der Waals surface area contributed by atoms with Gasteiger partial charge in [-0.15, -0.1) is 0 Å². The highest BCUT2D eigenvalue weighted by Crippen LogP contribution is 2.14. The molecule has 384 valence electrons. The van der Waals surface area contributed by atoms with E-state index >= 15 is 0 Å². The molecule has 0 fully saturated rings. The third kappa shape index (κ3) is 52.8. The van der Waals surface area contributed by atoms with Gasteiger partial charge in [0.2, 0.25) is 0 Å². The van der Waals surface area contributed by atoms with E-state index in [0.717, 1.165) is 148 Å². The first kappa shape index (κ1) is 63.8. The molecule has 68 heavy (non-hydrogen) atoms. The number of allylic oxidation sites excluding steroid dienone is 20. The fraction of sp³-hybridized carbons (Fsp3) is 0.629. The highest BCUT2D eigenvalue weighted by molar-refractivity contribution is 5.71. The molecule has 0 aromatic heterocycles. The van der Waals surface area contributed by atoms with Crippen molar-refractivity contribution in [2.75, 3.05) is 13.2 Å². The zero-order valence-electron chi connectivity index (χ0n) is 43.8. The molecular formula is C62H100O6. The van der Waals surface area contributed by atoms with Crippen LogP contribution in [0.3, 0.4) is 0 Å². The van der Waals surface area contributed by atoms with Crippen LogP contribution in [0, 0.1) is 0 Å². The van der Waals surface area contributed by atoms with E-state index in [1.807, 2.05) is 0 Å². The number of carbonyl (C=O) groups is 3. The van der Waals surface area contributed by atoms with E-state index in [1.54, 1.807) is 0 Å². The standard InChI is InChI=1S/C62H100O6/c1-4-7-10-13-16-19-22-25-28-31-32-35-37-40-43-46-49-52-55-61(64)67-58-59(68-62(65)56-53-50-47-44-41-38-34-30-27-24-21-18-15-12-9-6-3)57-66-60(63)54-51-48-45-42-39-36-33-29-26-23-20-17-14-11-8-5-2/h8-9,11-12,16-22,25-32,35,59H,4-7,10,13-15,23-24,33-34,36-58H2,1-3H3/b11-8-,12-9-,19-16-,20-17-,21-18-,25-22-,29-26-,30-27-,31-28-,35-32-. The van der Waals surface area contributed by atoms with E-state index in [0.29, 0.717) is 19.3 Å². The SMILES string of the molecule is CC/C=C\C/C=C\C/C=C\CCCCCCCCC(=O)OCC(COC(=O)CCCCCCC\C=C/C=C\C=C/C=C\CCCCC)OC(=O)CCCCCCCC/C=C\C/C=C\C/C=C\CC. The van der Waals surface area contributed by atoms with Gasteiger partial charge in [-0.1, -0.05) is 226 Å². The minimum absolute atomic E-state index is 0.102. The van der Waals surface area contributed by atoms with Crippen molar-refractivity contribution in [3.8, 4) is 0 Å². The molecule has 0 N–H and O–H groups in total. The zero-order valence-corrected chi connectivity index (χ0v) is 43.8. The third-order valence-electron chi connectivity index (χ3n) is 11.3. The van der Waals surface area contributed by atoms with Crippen molar-refractivity contribution in [1.29, 1.82) is 0 Å². The van der Waals surface area contributed by atoms with Gasteiger partial charge in [0.05, 0.1) is 0 Å². The summed E-state index contributed by atoms with van der Waals surface area (Å²) in [7, 11) is 0. The molecule has 0 aromatic rings. The fourth-order valence-electron chi connectivity index (χ4n) is 7.19. The Morgan fingerprint density at radius 2 is 0.632 bits per heavy atom. The van der Waals surface area contributed by atoms with E-state index in [2.05, 4.69) is 142 Å². The molecule has 0 saturated heterocycles. The van der Waals surface area contributed by atoms with Crippen LogP contribution in [0.15, 0.2) is 122 Å². The number of unbranched alkanes of at least 4 members (excludes halogenated alkanes) is 20. The maximum atomic E-state index is 12.8. The molecule has 0 heterocycles. The van der Waals surface area contributed by atoms with Crippen molar-refractivity contribution in [1.82, 2.24) is 0 Å². The predicted octanol–water partition coefficient (Wildman–Crippen LogP) is 18.5. The molecule has 0 bridgehead atoms. The highest BCUT2D eigenvalue weighted by atomic mass is 16.6. The van der Waals surface area contributed by atoms with Gasteiger partial charge < -0.3 is 14.2 Å². The Balaban J connectivity index is 4.50. The summed E-state index contributed by atoms with van der Waals surface area (Å²) in [6.45, 7) is 6.33. The van der Waals surface area contributed by atoms with E-state index < -0.39 is 6.10 Å². The molecule has 0 aliphatic heterocycles. The number of hydrogen-bond donors (Lipinski definition) is 0. The largest absolute Gasteiger partial charge is 0.462 e. The van der Waals surface area contributed by atoms with E-state index in [9.17, 15) is 14.4 Å². The number of hydrogen-bond acceptors (Lipinski definition) is 6. The lowest BCUT2D eigenvalue weighted by atomic mass is 10.1. The molecule has 0 spiro atoms. The molecule has 6 heteroatoms. The Kier molecular flexibility index (Phi) is 52.0. The number of ether oxygens (including phenoxy) is 3. The second kappa shape index (κ2) is 55.4. The average Bonchev–Trinajstić information content (AvgIpc) is 3.34. The fourth-order valence-corrected chi connectivity index (χ4v) is 7.19. The minimum atomic E-state index is -0.805. The lowest BCUT2D eigenvalue weighted by molar-refractivity contribution is -0.167. The summed E-state index contributed by atoms with van der Waals surface area (Å²) < 4.78 is 16.8. The first-order chi connectivity index (χ1) is 33.5. The van der Waals surface area contributed by atoms with Gasteiger partial charge in [-0.25, -0.2) is 0 Å². The molecular weight excluding hydrogens is 841 g/mol. The summed E-state index contributed by atoms with van der Waals surface area (Å²) in [4.78, 5) is 38.1. The Morgan fingerprint density at radius 3 is 1.03 bits per heavy atom. The molecule has 0 aromatic carbocycles. The van der Waals surface area contributed by atoms with Crippen LogP contribution in [0.5, 0.6) is 0 Å². The molecule has 0 amide bonds. The van der Waals surface area contributed by atoms with Crippen LogP contribution in [0.1, 0.15) is 233 Å². The van der Waals surface area contributed by atoms with Crippen molar-refractivity contribution in [2.45, 2.75) is 239 Å². The molecule has 1 unspecified atom stereocenters. The van der Waals surface area contributed by atoms with Crippen LogP contribution in [0.25, 0.3) is 0 Å². The Hall–Kier alpha value is -4.19. The van der Waals surface area contributed by atoms with Crippen LogP contribution in [0.4, 0.5) is 0 Å². The van der Waals surface area contributed by atoms with Crippen molar-refractivity contribution in [3.63, 3.8) is 0 Å². The first-order valence-electron chi connectivity index (χ1n) is 27.6. The minimum Gasteiger partial charge on any atom is -0.462 e. The number of rotatable bonds is 48. The normalized spacial score (nSPS) is 13.0.